The molecule has 0 aromatic heterocycles. The average Bonchev–Trinajstić information content (AvgIpc) is 2.66. The van der Waals surface area contributed by atoms with Crippen LogP contribution >= 0.6 is 0 Å². The zero-order chi connectivity index (χ0) is 26.3. The maximum atomic E-state index is 15.2. The Bertz CT molecular complexity index is 855. The molecule has 4 aliphatic carbocycles. The molecule has 33 heavy (non-hydrogen) atoms. The molecule has 4 bridgehead atoms. The van der Waals surface area contributed by atoms with Crippen LogP contribution in [0.5, 0.6) is 0 Å². The first-order valence-corrected chi connectivity index (χ1v) is 8.13. The molecule has 0 aliphatic heterocycles. The first kappa shape index (κ1) is 25.7. The molecule has 0 aromatic rings. The minimum Gasteiger partial charge on any atom is -0.435 e. The molecule has 3 nitrogen and oxygen atoms in total. The van der Waals surface area contributed by atoms with Crippen molar-refractivity contribution in [2.24, 2.45) is 0 Å². The van der Waals surface area contributed by atoms with E-state index in [0.29, 0.717) is 0 Å². The lowest BCUT2D eigenvalue weighted by Crippen LogP contribution is -3.09. The van der Waals surface area contributed by atoms with E-state index < -0.39 is 76.5 Å². The van der Waals surface area contributed by atoms with E-state index in [1.165, 1.54) is 0 Å². The smallest absolute Gasteiger partial charge is 0.339 e. The third-order valence-corrected chi connectivity index (χ3v) is 6.01. The molecule has 0 aromatic carbocycles. The number of carbonyl (C=O) groups is 1. The van der Waals surface area contributed by atoms with Crippen LogP contribution in [0.3, 0.4) is 0 Å². The van der Waals surface area contributed by atoms with Gasteiger partial charge in [-0.2, -0.15) is 43.9 Å². The van der Waals surface area contributed by atoms with E-state index in [4.69, 9.17) is 0 Å². The Morgan fingerprint density at radius 3 is 1.15 bits per heavy atom. The van der Waals surface area contributed by atoms with Crippen molar-refractivity contribution >= 4 is 5.97 Å². The summed E-state index contributed by atoms with van der Waals surface area (Å²) in [6, 6.07) is 0. The third-order valence-electron chi connectivity index (χ3n) is 6.01. The first-order valence-electron chi connectivity index (χ1n) is 8.13. The third kappa shape index (κ3) is 1.74. The van der Waals surface area contributed by atoms with Crippen molar-refractivity contribution in [3.05, 3.63) is 12.2 Å². The van der Waals surface area contributed by atoms with Gasteiger partial charge in [0, 0.05) is 5.57 Å². The fraction of sp³-hybridized carbons (Fsp3) is 0.800. The van der Waals surface area contributed by atoms with Gasteiger partial charge in [0.15, 0.2) is 6.79 Å². The van der Waals surface area contributed by atoms with Gasteiger partial charge in [0.1, 0.15) is 0 Å². The van der Waals surface area contributed by atoms with Gasteiger partial charge in [0.05, 0.1) is 0 Å². The Hall–Kier alpha value is -1.88. The van der Waals surface area contributed by atoms with E-state index in [-0.39, 0.29) is 0 Å². The van der Waals surface area contributed by atoms with Gasteiger partial charge < -0.3 is 9.47 Å². The summed E-state index contributed by atoms with van der Waals surface area (Å²) in [5.74, 6) is -48.3. The number of ether oxygens (including phenoxy) is 2. The molecule has 0 unspecified atom stereocenters. The highest BCUT2D eigenvalue weighted by Crippen LogP contribution is 2.88. The van der Waals surface area contributed by atoms with E-state index in [1.807, 2.05) is 0 Å². The standard InChI is InChI=1S/C15H7F15O3/c1-4(2)5(31)32-3-33-15(30)8(18)11(22,23)6(16)10(20,21)7(17,13(8,26)27)14(28,29)9(15,19)12(6,24)25/h1,3H2,2H3. The molecule has 0 radical (unpaired) electrons. The molecule has 0 heterocycles. The summed E-state index contributed by atoms with van der Waals surface area (Å²) in [4.78, 5) is 11.1. The molecule has 4 aliphatic rings. The average molecular weight is 520 g/mol. The molecule has 0 N–H and O–H groups in total. The normalized spacial score (nSPS) is 47.3. The summed E-state index contributed by atoms with van der Waals surface area (Å²) in [5, 5.41) is 0. The van der Waals surface area contributed by atoms with Crippen LogP contribution in [0.2, 0.25) is 0 Å². The van der Waals surface area contributed by atoms with Crippen LogP contribution in [0.1, 0.15) is 6.92 Å². The second-order valence-electron chi connectivity index (χ2n) is 7.58. The van der Waals surface area contributed by atoms with Gasteiger partial charge in [-0.05, 0) is 6.92 Å². The highest BCUT2D eigenvalue weighted by Gasteiger charge is 3.23. The van der Waals surface area contributed by atoms with E-state index in [2.05, 4.69) is 16.1 Å². The second-order valence-corrected chi connectivity index (χ2v) is 7.58. The number of carbonyl (C=O) groups excluding carboxylic acids is 1. The Morgan fingerprint density at radius 2 is 0.879 bits per heavy atom. The lowest BCUT2D eigenvalue weighted by molar-refractivity contribution is -0.618. The van der Waals surface area contributed by atoms with E-state index in [0.717, 1.165) is 6.92 Å². The van der Waals surface area contributed by atoms with Crippen LogP contribution in [0.25, 0.3) is 0 Å². The van der Waals surface area contributed by atoms with Crippen molar-refractivity contribution in [1.82, 2.24) is 0 Å². The molecule has 0 saturated heterocycles. The minimum absolute atomic E-state index is 0.724. The molecule has 18 heteroatoms. The SMILES string of the molecule is C=C(C)C(=O)OCOC1(F)C2(F)C(F)(F)C3(F)C(F)(F)C(F)(C2(F)F)C(F)(F)C1(F)C3(F)F. The van der Waals surface area contributed by atoms with Crippen molar-refractivity contribution in [2.75, 3.05) is 6.79 Å². The van der Waals surface area contributed by atoms with Crippen LogP contribution in [0.4, 0.5) is 65.9 Å². The van der Waals surface area contributed by atoms with Crippen LogP contribution in [-0.4, -0.2) is 70.9 Å². The second kappa shape index (κ2) is 5.67. The summed E-state index contributed by atoms with van der Waals surface area (Å²) < 4.78 is 224. The minimum atomic E-state index is -7.92. The van der Waals surface area contributed by atoms with Gasteiger partial charge in [0.25, 0.3) is 0 Å². The predicted molar refractivity (Wildman–Crippen MR) is 70.8 cm³/mol. The number of hydrogen-bond donors (Lipinski definition) is 0. The van der Waals surface area contributed by atoms with Crippen molar-refractivity contribution in [2.45, 2.75) is 65.1 Å². The summed E-state index contributed by atoms with van der Waals surface area (Å²) in [7, 11) is 0. The molecule has 4 fully saturated rings. The van der Waals surface area contributed by atoms with Crippen molar-refractivity contribution < 1.29 is 80.1 Å². The topological polar surface area (TPSA) is 35.5 Å². The Labute approximate surface area is 171 Å². The van der Waals surface area contributed by atoms with Gasteiger partial charge in [-0.15, -0.1) is 0 Å². The van der Waals surface area contributed by atoms with Gasteiger partial charge in [-0.25, -0.2) is 26.7 Å². The van der Waals surface area contributed by atoms with Crippen LogP contribution < -0.4 is 0 Å². The van der Waals surface area contributed by atoms with Crippen LogP contribution in [0.15, 0.2) is 12.2 Å². The zero-order valence-electron chi connectivity index (χ0n) is 15.3. The van der Waals surface area contributed by atoms with Crippen molar-refractivity contribution in [3.8, 4) is 0 Å². The fourth-order valence-electron chi connectivity index (χ4n) is 4.30. The number of hydrogen-bond acceptors (Lipinski definition) is 3. The van der Waals surface area contributed by atoms with E-state index in [9.17, 15) is 57.5 Å². The van der Waals surface area contributed by atoms with Gasteiger partial charge >= 0.3 is 64.1 Å². The number of alkyl halides is 15. The van der Waals surface area contributed by atoms with Crippen molar-refractivity contribution in [1.29, 1.82) is 0 Å². The Kier molecular flexibility index (Phi) is 4.42. The summed E-state index contributed by atoms with van der Waals surface area (Å²) in [6.07, 6.45) is 0. The monoisotopic (exact) mass is 520 g/mol. The zero-order valence-corrected chi connectivity index (χ0v) is 15.3. The number of halogens is 15. The number of esters is 1. The van der Waals surface area contributed by atoms with E-state index in [1.54, 1.807) is 0 Å². The molecule has 0 atom stereocenters. The van der Waals surface area contributed by atoms with Gasteiger partial charge in [0.2, 0.25) is 0 Å². The first-order chi connectivity index (χ1) is 14.3. The highest BCUT2D eigenvalue weighted by atomic mass is 19.3. The predicted octanol–water partition coefficient (Wildman–Crippen LogP) is 4.80. The molecular formula is C15H7F15O3. The van der Waals surface area contributed by atoms with Gasteiger partial charge in [-0.1, -0.05) is 6.58 Å². The van der Waals surface area contributed by atoms with Gasteiger partial charge in [-0.3, -0.25) is 0 Å². The maximum absolute atomic E-state index is 15.2. The fourth-order valence-corrected chi connectivity index (χ4v) is 4.30. The number of rotatable bonds is 4. The highest BCUT2D eigenvalue weighted by molar-refractivity contribution is 5.86. The molecule has 4 saturated carbocycles. The Morgan fingerprint density at radius 1 is 0.606 bits per heavy atom. The molecular weight excluding hydrogens is 513 g/mol. The molecule has 0 amide bonds. The lowest BCUT2D eigenvalue weighted by Gasteiger charge is -2.74. The quantitative estimate of drug-likeness (QED) is 0.232. The van der Waals surface area contributed by atoms with Crippen molar-refractivity contribution in [3.63, 3.8) is 0 Å². The lowest BCUT2D eigenvalue weighted by atomic mass is 9.40. The molecule has 190 valence electrons. The van der Waals surface area contributed by atoms with E-state index >= 15 is 13.2 Å². The molecule has 0 spiro atoms. The van der Waals surface area contributed by atoms with Crippen LogP contribution in [-0.2, 0) is 14.3 Å². The maximum Gasteiger partial charge on any atom is 0.339 e. The summed E-state index contributed by atoms with van der Waals surface area (Å²) >= 11 is 0. The largest absolute Gasteiger partial charge is 0.435 e. The summed E-state index contributed by atoms with van der Waals surface area (Å²) in [6.45, 7) is 0.930. The van der Waals surface area contributed by atoms with Crippen LogP contribution in [0, 0.1) is 0 Å². The molecule has 4 rings (SSSR count). The summed E-state index contributed by atoms with van der Waals surface area (Å²) in [5.41, 5.74) is -31.5. The Balaban J connectivity index is 2.44.